The van der Waals surface area contributed by atoms with E-state index < -0.39 is 0 Å². The molecular formula is C19H24ClNO3. The summed E-state index contributed by atoms with van der Waals surface area (Å²) in [6.45, 7) is 2.99. The Morgan fingerprint density at radius 3 is 2.46 bits per heavy atom. The molecule has 4 rings (SSSR count). The van der Waals surface area contributed by atoms with Crippen molar-refractivity contribution in [3.8, 4) is 0 Å². The van der Waals surface area contributed by atoms with Gasteiger partial charge in [-0.2, -0.15) is 0 Å². The minimum atomic E-state index is -0.349. The van der Waals surface area contributed by atoms with Crippen molar-refractivity contribution >= 4 is 17.5 Å². The van der Waals surface area contributed by atoms with E-state index in [1.165, 1.54) is 0 Å². The maximum absolute atomic E-state index is 13.3. The molecule has 5 heteroatoms. The summed E-state index contributed by atoms with van der Waals surface area (Å²) in [7, 11) is 0. The van der Waals surface area contributed by atoms with E-state index in [9.17, 15) is 4.79 Å². The maximum atomic E-state index is 13.3. The minimum absolute atomic E-state index is 0.0622. The smallest absolute Gasteiger partial charge is 0.233 e. The summed E-state index contributed by atoms with van der Waals surface area (Å²) in [5.41, 5.74) is 0.730. The molecule has 0 aromatic heterocycles. The second-order valence-corrected chi connectivity index (χ2v) is 7.62. The number of benzene rings is 1. The molecule has 3 aliphatic rings. The Morgan fingerprint density at radius 1 is 1.17 bits per heavy atom. The van der Waals surface area contributed by atoms with Gasteiger partial charge in [-0.05, 0) is 43.4 Å². The van der Waals surface area contributed by atoms with Crippen LogP contribution in [0.3, 0.4) is 0 Å². The van der Waals surface area contributed by atoms with Gasteiger partial charge in [-0.1, -0.05) is 30.2 Å². The first kappa shape index (κ1) is 16.4. The van der Waals surface area contributed by atoms with Crippen molar-refractivity contribution in [2.45, 2.75) is 43.8 Å². The van der Waals surface area contributed by atoms with Crippen LogP contribution in [0.2, 0.25) is 5.02 Å². The van der Waals surface area contributed by atoms with E-state index in [-0.39, 0.29) is 17.6 Å². The lowest BCUT2D eigenvalue weighted by Crippen LogP contribution is -2.53. The van der Waals surface area contributed by atoms with Crippen LogP contribution in [0.15, 0.2) is 24.3 Å². The zero-order valence-electron chi connectivity index (χ0n) is 13.9. The molecular weight excluding hydrogens is 326 g/mol. The molecule has 0 atom stereocenters. The summed E-state index contributed by atoms with van der Waals surface area (Å²) in [5.74, 6) is 0.697. The number of carbonyl (C=O) groups excluding carboxylic acids is 1. The summed E-state index contributed by atoms with van der Waals surface area (Å²) in [4.78, 5) is 15.3. The van der Waals surface area contributed by atoms with Crippen LogP contribution in [0.25, 0.3) is 0 Å². The molecule has 1 aliphatic carbocycles. The summed E-state index contributed by atoms with van der Waals surface area (Å²) < 4.78 is 11.3. The van der Waals surface area contributed by atoms with Crippen LogP contribution in [0, 0.1) is 5.92 Å². The van der Waals surface area contributed by atoms with E-state index in [1.807, 2.05) is 23.1 Å². The third kappa shape index (κ3) is 2.85. The Morgan fingerprint density at radius 2 is 1.88 bits per heavy atom. The number of carbonyl (C=O) groups is 1. The summed E-state index contributed by atoms with van der Waals surface area (Å²) >= 11 is 6.16. The van der Waals surface area contributed by atoms with Gasteiger partial charge in [0.25, 0.3) is 0 Å². The van der Waals surface area contributed by atoms with Crippen LogP contribution < -0.4 is 0 Å². The Labute approximate surface area is 148 Å². The average molecular weight is 350 g/mol. The predicted octanol–water partition coefficient (Wildman–Crippen LogP) is 3.37. The molecule has 0 bridgehead atoms. The van der Waals surface area contributed by atoms with Crippen molar-refractivity contribution in [2.24, 2.45) is 5.92 Å². The van der Waals surface area contributed by atoms with Crippen molar-refractivity contribution < 1.29 is 14.3 Å². The van der Waals surface area contributed by atoms with Crippen molar-refractivity contribution in [3.05, 3.63) is 34.9 Å². The molecule has 0 N–H and O–H groups in total. The molecule has 0 spiro atoms. The normalized spacial score (nSPS) is 24.8. The number of halogens is 1. The van der Waals surface area contributed by atoms with Crippen LogP contribution in [-0.2, 0) is 19.7 Å². The van der Waals surface area contributed by atoms with E-state index in [4.69, 9.17) is 21.1 Å². The fourth-order valence-electron chi connectivity index (χ4n) is 4.27. The molecule has 1 aromatic rings. The number of piperidine rings is 1. The van der Waals surface area contributed by atoms with E-state index >= 15 is 0 Å². The number of ether oxygens (including phenoxy) is 2. The van der Waals surface area contributed by atoms with Gasteiger partial charge in [-0.15, -0.1) is 0 Å². The van der Waals surface area contributed by atoms with Gasteiger partial charge in [0.05, 0.1) is 18.6 Å². The topological polar surface area (TPSA) is 38.8 Å². The fourth-order valence-corrected chi connectivity index (χ4v) is 4.46. The Bertz CT molecular complexity index is 602. The highest BCUT2D eigenvalue weighted by Crippen LogP contribution is 2.46. The third-order valence-corrected chi connectivity index (χ3v) is 6.09. The van der Waals surface area contributed by atoms with Gasteiger partial charge < -0.3 is 14.4 Å². The highest BCUT2D eigenvalue weighted by molar-refractivity contribution is 6.30. The molecule has 2 saturated heterocycles. The summed E-state index contributed by atoms with van der Waals surface area (Å²) in [6, 6.07) is 7.84. The molecule has 2 heterocycles. The number of hydrogen-bond donors (Lipinski definition) is 0. The van der Waals surface area contributed by atoms with Crippen LogP contribution in [0.4, 0.5) is 0 Å². The molecule has 1 amide bonds. The number of rotatable bonds is 3. The highest BCUT2D eigenvalue weighted by atomic mass is 35.5. The zero-order chi connectivity index (χ0) is 16.6. The molecule has 4 nitrogen and oxygen atoms in total. The predicted molar refractivity (Wildman–Crippen MR) is 92.0 cm³/mol. The molecule has 0 radical (unpaired) electrons. The van der Waals surface area contributed by atoms with Crippen molar-refractivity contribution in [2.75, 3.05) is 26.3 Å². The lowest BCUT2D eigenvalue weighted by atomic mass is 9.63. The molecule has 0 unspecified atom stereocenters. The van der Waals surface area contributed by atoms with Crippen LogP contribution in [0.5, 0.6) is 0 Å². The van der Waals surface area contributed by atoms with Crippen molar-refractivity contribution in [1.29, 1.82) is 0 Å². The molecule has 1 saturated carbocycles. The quantitative estimate of drug-likeness (QED) is 0.839. The third-order valence-electron chi connectivity index (χ3n) is 5.85. The second-order valence-electron chi connectivity index (χ2n) is 7.19. The lowest BCUT2D eigenvalue weighted by molar-refractivity contribution is -0.146. The first-order chi connectivity index (χ1) is 11.7. The standard InChI is InChI=1S/C19H24ClNO3/c20-16-4-1-3-15(13-16)19(7-2-8-19)18(22)21-9-5-14(6-10-21)17-23-11-12-24-17/h1,3-4,13-14,17H,2,5-12H2. The zero-order valence-corrected chi connectivity index (χ0v) is 14.6. The van der Waals surface area contributed by atoms with Gasteiger partial charge in [-0.25, -0.2) is 0 Å². The first-order valence-corrected chi connectivity index (χ1v) is 9.35. The Hall–Kier alpha value is -1.10. The van der Waals surface area contributed by atoms with Gasteiger partial charge >= 0.3 is 0 Å². The minimum Gasteiger partial charge on any atom is -0.350 e. The fraction of sp³-hybridized carbons (Fsp3) is 0.632. The average Bonchev–Trinajstić information content (AvgIpc) is 3.08. The first-order valence-electron chi connectivity index (χ1n) is 8.98. The number of hydrogen-bond acceptors (Lipinski definition) is 3. The van der Waals surface area contributed by atoms with Gasteiger partial charge in [-0.3, -0.25) is 4.79 Å². The van der Waals surface area contributed by atoms with E-state index in [1.54, 1.807) is 0 Å². The summed E-state index contributed by atoms with van der Waals surface area (Å²) in [6.07, 6.45) is 4.83. The Kier molecular flexibility index (Phi) is 4.54. The van der Waals surface area contributed by atoms with Gasteiger partial charge in [0.15, 0.2) is 6.29 Å². The van der Waals surface area contributed by atoms with Gasteiger partial charge in [0.1, 0.15) is 0 Å². The number of amides is 1. The van der Waals surface area contributed by atoms with Crippen molar-refractivity contribution in [1.82, 2.24) is 4.90 Å². The highest BCUT2D eigenvalue weighted by Gasteiger charge is 2.48. The SMILES string of the molecule is O=C(N1CCC(C2OCCO2)CC1)C1(c2cccc(Cl)c2)CCC1. The monoisotopic (exact) mass is 349 g/mol. The molecule has 3 fully saturated rings. The van der Waals surface area contributed by atoms with Crippen LogP contribution >= 0.6 is 11.6 Å². The van der Waals surface area contributed by atoms with E-state index in [0.717, 1.165) is 50.8 Å². The van der Waals surface area contributed by atoms with Crippen LogP contribution in [-0.4, -0.2) is 43.4 Å². The van der Waals surface area contributed by atoms with E-state index in [0.29, 0.717) is 24.2 Å². The van der Waals surface area contributed by atoms with Crippen LogP contribution in [0.1, 0.15) is 37.7 Å². The molecule has 1 aromatic carbocycles. The summed E-state index contributed by atoms with van der Waals surface area (Å²) in [5, 5.41) is 0.709. The Balaban J connectivity index is 1.45. The largest absolute Gasteiger partial charge is 0.350 e. The van der Waals surface area contributed by atoms with Crippen molar-refractivity contribution in [3.63, 3.8) is 0 Å². The number of nitrogens with zero attached hydrogens (tertiary/aromatic N) is 1. The van der Waals surface area contributed by atoms with Gasteiger partial charge in [0, 0.05) is 24.0 Å². The lowest BCUT2D eigenvalue weighted by Gasteiger charge is -2.46. The molecule has 130 valence electrons. The number of likely N-dealkylation sites (tertiary alicyclic amines) is 1. The molecule has 24 heavy (non-hydrogen) atoms. The second kappa shape index (κ2) is 6.66. The van der Waals surface area contributed by atoms with Gasteiger partial charge in [0.2, 0.25) is 5.91 Å². The van der Waals surface area contributed by atoms with E-state index in [2.05, 4.69) is 6.07 Å². The molecule has 2 aliphatic heterocycles. The maximum Gasteiger partial charge on any atom is 0.233 e.